The fraction of sp³-hybridized carbons (Fsp3) is 0.826. The van der Waals surface area contributed by atoms with Crippen LogP contribution >= 0.6 is 0 Å². The zero-order valence-corrected chi connectivity index (χ0v) is 21.5. The monoisotopic (exact) mass is 392 g/mol. The molecular weight excluding hydrogens is 348 g/mol. The van der Waals surface area contributed by atoms with Gasteiger partial charge in [-0.1, -0.05) is 94.9 Å². The molecule has 150 valence electrons. The van der Waals surface area contributed by atoms with E-state index < -0.39 is 22.3 Å². The molecule has 0 aliphatic carbocycles. The number of rotatable bonds is 6. The minimum atomic E-state index is -1.81. The van der Waals surface area contributed by atoms with Gasteiger partial charge in [0.25, 0.3) is 0 Å². The van der Waals surface area contributed by atoms with Crippen LogP contribution in [0.2, 0.25) is 33.2 Å². The molecule has 0 aromatic heterocycles. The molecule has 0 aromatic rings. The summed E-state index contributed by atoms with van der Waals surface area (Å²) in [4.78, 5) is 0. The molecule has 0 unspecified atom stereocenters. The summed E-state index contributed by atoms with van der Waals surface area (Å²) in [5.74, 6) is 6.35. The lowest BCUT2D eigenvalue weighted by Crippen LogP contribution is -2.44. The quantitative estimate of drug-likeness (QED) is 0.389. The van der Waals surface area contributed by atoms with Gasteiger partial charge >= 0.3 is 0 Å². The van der Waals surface area contributed by atoms with Gasteiger partial charge in [0.1, 0.15) is 16.1 Å². The number of hydrogen-bond donors (Lipinski definition) is 1. The highest BCUT2D eigenvalue weighted by Gasteiger charge is 2.42. The van der Waals surface area contributed by atoms with Gasteiger partial charge in [-0.05, 0) is 33.2 Å². The lowest BCUT2D eigenvalue weighted by molar-refractivity contribution is 0.290. The summed E-state index contributed by atoms with van der Waals surface area (Å²) in [6.07, 6.45) is -0.818. The number of aliphatic hydroxyl groups is 1. The highest BCUT2D eigenvalue weighted by molar-refractivity contribution is 6.91. The van der Waals surface area contributed by atoms with E-state index in [2.05, 4.69) is 106 Å². The second-order valence-corrected chi connectivity index (χ2v) is 20.9. The van der Waals surface area contributed by atoms with Gasteiger partial charge < -0.3 is 5.11 Å². The molecular formula is C23H44OSi2. The Morgan fingerprint density at radius 2 is 0.654 bits per heavy atom. The molecule has 0 saturated heterocycles. The zero-order valence-electron chi connectivity index (χ0n) is 19.5. The van der Waals surface area contributed by atoms with E-state index in [1.807, 2.05) is 0 Å². The highest BCUT2D eigenvalue weighted by atomic mass is 28.3. The maximum absolute atomic E-state index is 10.6. The molecule has 0 saturated carbocycles. The normalized spacial score (nSPS) is 13.1. The van der Waals surface area contributed by atoms with E-state index in [0.29, 0.717) is 33.2 Å². The average Bonchev–Trinajstić information content (AvgIpc) is 2.45. The largest absolute Gasteiger partial charge is 0.369 e. The van der Waals surface area contributed by atoms with Crippen molar-refractivity contribution in [3.63, 3.8) is 0 Å². The van der Waals surface area contributed by atoms with Crippen LogP contribution in [0.4, 0.5) is 0 Å². The predicted molar refractivity (Wildman–Crippen MR) is 124 cm³/mol. The van der Waals surface area contributed by atoms with Crippen LogP contribution in [0.3, 0.4) is 0 Å². The van der Waals surface area contributed by atoms with Gasteiger partial charge in [0, 0.05) is 0 Å². The first kappa shape index (κ1) is 25.5. The molecule has 0 radical (unpaired) electrons. The first-order valence-corrected chi connectivity index (χ1v) is 15.0. The van der Waals surface area contributed by atoms with Gasteiger partial charge in [-0.15, -0.1) is 11.1 Å². The van der Waals surface area contributed by atoms with Crippen molar-refractivity contribution >= 4 is 16.1 Å². The third kappa shape index (κ3) is 5.28. The standard InChI is InChI=1S/C23H44OSi2/c1-17(2)25(18(3)4,19(5)6)15-13-23(24)14-16-26(20(7)8,21(9)10)22(11)12/h17-24H,1-12H3. The second-order valence-electron chi connectivity index (χ2n) is 9.74. The maximum atomic E-state index is 10.6. The maximum Gasteiger partial charge on any atom is 0.175 e. The molecule has 0 fully saturated rings. The van der Waals surface area contributed by atoms with E-state index in [1.165, 1.54) is 0 Å². The van der Waals surface area contributed by atoms with Crippen LogP contribution in [-0.4, -0.2) is 27.4 Å². The minimum Gasteiger partial charge on any atom is -0.369 e. The Balaban J connectivity index is 5.94. The summed E-state index contributed by atoms with van der Waals surface area (Å²) in [5.41, 5.74) is 10.7. The molecule has 26 heavy (non-hydrogen) atoms. The van der Waals surface area contributed by atoms with Crippen LogP contribution in [0.15, 0.2) is 0 Å². The first-order valence-electron chi connectivity index (χ1n) is 10.5. The van der Waals surface area contributed by atoms with Gasteiger partial charge in [0.05, 0.1) is 0 Å². The Morgan fingerprint density at radius 3 is 0.808 bits per heavy atom. The number of hydrogen-bond acceptors (Lipinski definition) is 1. The predicted octanol–water partition coefficient (Wildman–Crippen LogP) is 6.79. The molecule has 0 amide bonds. The molecule has 3 heteroatoms. The van der Waals surface area contributed by atoms with Crippen LogP contribution in [0.5, 0.6) is 0 Å². The third-order valence-electron chi connectivity index (χ3n) is 6.58. The van der Waals surface area contributed by atoms with Crippen molar-refractivity contribution < 1.29 is 5.11 Å². The fourth-order valence-corrected chi connectivity index (χ4v) is 15.8. The zero-order chi connectivity index (χ0) is 20.9. The van der Waals surface area contributed by atoms with E-state index in [4.69, 9.17) is 0 Å². The van der Waals surface area contributed by atoms with E-state index in [0.717, 1.165) is 0 Å². The second kappa shape index (κ2) is 10.2. The lowest BCUT2D eigenvalue weighted by Gasteiger charge is -2.38. The molecule has 0 aliphatic heterocycles. The van der Waals surface area contributed by atoms with E-state index in [-0.39, 0.29) is 0 Å². The van der Waals surface area contributed by atoms with Crippen LogP contribution in [0.25, 0.3) is 0 Å². The van der Waals surface area contributed by atoms with Crippen molar-refractivity contribution in [2.45, 2.75) is 122 Å². The molecule has 0 atom stereocenters. The summed E-state index contributed by atoms with van der Waals surface area (Å²) in [7, 11) is -3.62. The van der Waals surface area contributed by atoms with Gasteiger partial charge in [-0.3, -0.25) is 0 Å². The van der Waals surface area contributed by atoms with Gasteiger partial charge in [0.15, 0.2) is 6.10 Å². The molecule has 0 aliphatic rings. The molecule has 1 N–H and O–H groups in total. The van der Waals surface area contributed by atoms with Crippen LogP contribution in [0.1, 0.15) is 83.1 Å². The Hall–Kier alpha value is -0.486. The van der Waals surface area contributed by atoms with Crippen molar-refractivity contribution in [2.75, 3.05) is 0 Å². The van der Waals surface area contributed by atoms with Crippen LogP contribution < -0.4 is 0 Å². The van der Waals surface area contributed by atoms with Gasteiger partial charge in [-0.25, -0.2) is 0 Å². The Bertz CT molecular complexity index is 457. The Kier molecular flexibility index (Phi) is 9.98. The van der Waals surface area contributed by atoms with Gasteiger partial charge in [0.2, 0.25) is 0 Å². The highest BCUT2D eigenvalue weighted by Crippen LogP contribution is 2.41. The number of aliphatic hydroxyl groups excluding tert-OH is 1. The molecule has 0 bridgehead atoms. The smallest absolute Gasteiger partial charge is 0.175 e. The van der Waals surface area contributed by atoms with E-state index >= 15 is 0 Å². The van der Waals surface area contributed by atoms with Crippen molar-refractivity contribution in [2.24, 2.45) is 0 Å². The summed E-state index contributed by atoms with van der Waals surface area (Å²) < 4.78 is 0. The summed E-state index contributed by atoms with van der Waals surface area (Å²) in [6, 6.07) is 0. The van der Waals surface area contributed by atoms with Crippen LogP contribution in [-0.2, 0) is 0 Å². The average molecular weight is 393 g/mol. The SMILES string of the molecule is CC(C)[Si](C#CC(O)C#C[Si](C(C)C)(C(C)C)C(C)C)(C(C)C)C(C)C. The first-order chi connectivity index (χ1) is 11.8. The van der Waals surface area contributed by atoms with Gasteiger partial charge in [-0.2, -0.15) is 0 Å². The Morgan fingerprint density at radius 1 is 0.462 bits per heavy atom. The summed E-state index contributed by atoms with van der Waals surface area (Å²) in [5, 5.41) is 10.6. The van der Waals surface area contributed by atoms with Crippen molar-refractivity contribution in [1.82, 2.24) is 0 Å². The van der Waals surface area contributed by atoms with Crippen molar-refractivity contribution in [3.8, 4) is 22.9 Å². The topological polar surface area (TPSA) is 20.2 Å². The van der Waals surface area contributed by atoms with E-state index in [9.17, 15) is 5.11 Å². The van der Waals surface area contributed by atoms with Crippen molar-refractivity contribution in [1.29, 1.82) is 0 Å². The summed E-state index contributed by atoms with van der Waals surface area (Å²) >= 11 is 0. The molecule has 1 nitrogen and oxygen atoms in total. The lowest BCUT2D eigenvalue weighted by atomic mass is 10.4. The van der Waals surface area contributed by atoms with Crippen LogP contribution in [0, 0.1) is 22.9 Å². The van der Waals surface area contributed by atoms with Crippen molar-refractivity contribution in [3.05, 3.63) is 0 Å². The molecule has 0 rings (SSSR count). The summed E-state index contributed by atoms with van der Waals surface area (Å²) in [6.45, 7) is 27.6. The molecule has 0 aromatic carbocycles. The third-order valence-corrected chi connectivity index (χ3v) is 19.2. The Labute approximate surface area is 166 Å². The minimum absolute atomic E-state index is 0.575. The fourth-order valence-electron chi connectivity index (χ4n) is 5.29. The van der Waals surface area contributed by atoms with E-state index in [1.54, 1.807) is 0 Å². The molecule has 0 spiro atoms. The molecule has 0 heterocycles.